The van der Waals surface area contributed by atoms with E-state index < -0.39 is 29.4 Å². The highest BCUT2D eigenvalue weighted by atomic mass is 16.5. The number of hydrogen-bond donors (Lipinski definition) is 1. The minimum absolute atomic E-state index is 0.0951. The number of nitrogens with zero attached hydrogens (tertiary/aromatic N) is 1. The van der Waals surface area contributed by atoms with E-state index in [-0.39, 0.29) is 18.3 Å². The summed E-state index contributed by atoms with van der Waals surface area (Å²) in [5.74, 6) is -2.38. The summed E-state index contributed by atoms with van der Waals surface area (Å²) < 4.78 is 4.73. The van der Waals surface area contributed by atoms with E-state index in [0.717, 1.165) is 4.90 Å². The van der Waals surface area contributed by atoms with Crippen molar-refractivity contribution in [2.75, 3.05) is 6.61 Å². The van der Waals surface area contributed by atoms with Gasteiger partial charge in [0.25, 0.3) is 5.91 Å². The number of ether oxygens (including phenoxy) is 1. The average molecular weight is 269 g/mol. The van der Waals surface area contributed by atoms with E-state index >= 15 is 0 Å². The zero-order valence-electron chi connectivity index (χ0n) is 11.6. The van der Waals surface area contributed by atoms with Gasteiger partial charge in [0.15, 0.2) is 5.57 Å². The van der Waals surface area contributed by atoms with Gasteiger partial charge in [-0.3, -0.25) is 14.5 Å². The van der Waals surface area contributed by atoms with Gasteiger partial charge in [-0.15, -0.1) is 0 Å². The summed E-state index contributed by atoms with van der Waals surface area (Å²) >= 11 is 0. The van der Waals surface area contributed by atoms with E-state index in [9.17, 15) is 19.5 Å². The van der Waals surface area contributed by atoms with Gasteiger partial charge in [-0.1, -0.05) is 13.8 Å². The van der Waals surface area contributed by atoms with E-state index in [4.69, 9.17) is 4.74 Å². The minimum Gasteiger partial charge on any atom is -0.509 e. The van der Waals surface area contributed by atoms with E-state index in [1.54, 1.807) is 6.92 Å². The number of aliphatic hydroxyl groups is 1. The molecule has 1 atom stereocenters. The fourth-order valence-electron chi connectivity index (χ4n) is 2.08. The van der Waals surface area contributed by atoms with Gasteiger partial charge in [0.05, 0.1) is 12.6 Å². The summed E-state index contributed by atoms with van der Waals surface area (Å²) in [6.45, 7) is 6.73. The van der Waals surface area contributed by atoms with Crippen LogP contribution in [0.15, 0.2) is 11.3 Å². The summed E-state index contributed by atoms with van der Waals surface area (Å²) in [5, 5.41) is 10.0. The molecule has 2 amide bonds. The molecule has 6 nitrogen and oxygen atoms in total. The van der Waals surface area contributed by atoms with Gasteiger partial charge in [0.1, 0.15) is 5.76 Å². The third-order valence-corrected chi connectivity index (χ3v) is 2.83. The molecule has 1 unspecified atom stereocenters. The van der Waals surface area contributed by atoms with Crippen molar-refractivity contribution in [2.24, 2.45) is 5.92 Å². The Hall–Kier alpha value is -1.85. The first kappa shape index (κ1) is 15.2. The zero-order valence-corrected chi connectivity index (χ0v) is 11.6. The van der Waals surface area contributed by atoms with Crippen LogP contribution >= 0.6 is 0 Å². The van der Waals surface area contributed by atoms with E-state index in [0.29, 0.717) is 6.42 Å². The molecule has 0 saturated heterocycles. The molecule has 0 saturated carbocycles. The highest BCUT2D eigenvalue weighted by molar-refractivity contribution is 6.22. The molecule has 1 aliphatic heterocycles. The second-order valence-corrected chi connectivity index (χ2v) is 4.82. The Kier molecular flexibility index (Phi) is 4.69. The Morgan fingerprint density at radius 3 is 2.42 bits per heavy atom. The fourth-order valence-corrected chi connectivity index (χ4v) is 2.08. The molecule has 0 aromatic carbocycles. The number of amides is 2. The average Bonchev–Trinajstić information content (AvgIpc) is 2.50. The van der Waals surface area contributed by atoms with Crippen LogP contribution in [0.25, 0.3) is 0 Å². The number of carbonyl (C=O) groups is 3. The van der Waals surface area contributed by atoms with Gasteiger partial charge in [0.2, 0.25) is 5.91 Å². The van der Waals surface area contributed by atoms with Crippen LogP contribution in [0.3, 0.4) is 0 Å². The third kappa shape index (κ3) is 2.94. The molecule has 1 heterocycles. The molecule has 19 heavy (non-hydrogen) atoms. The number of rotatable bonds is 4. The first-order valence-corrected chi connectivity index (χ1v) is 6.25. The lowest BCUT2D eigenvalue weighted by atomic mass is 10.0. The number of esters is 1. The Labute approximate surface area is 112 Å². The topological polar surface area (TPSA) is 83.9 Å². The normalized spacial score (nSPS) is 19.3. The van der Waals surface area contributed by atoms with Crippen molar-refractivity contribution in [2.45, 2.75) is 40.2 Å². The second-order valence-electron chi connectivity index (χ2n) is 4.82. The predicted octanol–water partition coefficient (Wildman–Crippen LogP) is 1.17. The van der Waals surface area contributed by atoms with E-state index in [2.05, 4.69) is 0 Å². The Balaban J connectivity index is 3.15. The van der Waals surface area contributed by atoms with Crippen molar-refractivity contribution in [3.8, 4) is 0 Å². The molecule has 6 heteroatoms. The maximum Gasteiger partial charge on any atom is 0.347 e. The van der Waals surface area contributed by atoms with Crippen molar-refractivity contribution in [3.05, 3.63) is 11.3 Å². The quantitative estimate of drug-likeness (QED) is 0.611. The van der Waals surface area contributed by atoms with E-state index in [1.807, 2.05) is 13.8 Å². The molecule has 1 rings (SSSR count). The number of carbonyl (C=O) groups excluding carboxylic acids is 3. The van der Waals surface area contributed by atoms with Crippen molar-refractivity contribution < 1.29 is 24.2 Å². The molecule has 106 valence electrons. The standard InChI is InChI=1S/C13H19NO5/c1-5-19-13(18)10-11(16)9(6-7(2)3)14(8(4)15)12(10)17/h7,9,16H,5-6H2,1-4H3. The first-order chi connectivity index (χ1) is 8.81. The molecular weight excluding hydrogens is 250 g/mol. The monoisotopic (exact) mass is 269 g/mol. The van der Waals surface area contributed by atoms with Crippen LogP contribution in [0, 0.1) is 5.92 Å². The number of aliphatic hydroxyl groups excluding tert-OH is 1. The van der Waals surface area contributed by atoms with Crippen molar-refractivity contribution >= 4 is 17.8 Å². The lowest BCUT2D eigenvalue weighted by Crippen LogP contribution is -2.40. The summed E-state index contributed by atoms with van der Waals surface area (Å²) in [6, 6.07) is -0.774. The summed E-state index contributed by atoms with van der Waals surface area (Å²) in [6.07, 6.45) is 0.403. The Bertz CT molecular complexity index is 438. The minimum atomic E-state index is -0.887. The summed E-state index contributed by atoms with van der Waals surface area (Å²) in [7, 11) is 0. The van der Waals surface area contributed by atoms with Crippen LogP contribution in [0.4, 0.5) is 0 Å². The molecule has 0 aromatic rings. The molecule has 1 N–H and O–H groups in total. The molecule has 1 aliphatic rings. The maximum atomic E-state index is 12.1. The Morgan fingerprint density at radius 1 is 1.42 bits per heavy atom. The van der Waals surface area contributed by atoms with Crippen LogP contribution in [-0.2, 0) is 19.1 Å². The van der Waals surface area contributed by atoms with Gasteiger partial charge in [-0.2, -0.15) is 0 Å². The van der Waals surface area contributed by atoms with Crippen LogP contribution < -0.4 is 0 Å². The summed E-state index contributed by atoms with van der Waals surface area (Å²) in [4.78, 5) is 36.2. The highest BCUT2D eigenvalue weighted by Crippen LogP contribution is 2.29. The fraction of sp³-hybridized carbons (Fsp3) is 0.615. The van der Waals surface area contributed by atoms with Crippen LogP contribution in [0.1, 0.15) is 34.1 Å². The predicted molar refractivity (Wildman–Crippen MR) is 67.1 cm³/mol. The van der Waals surface area contributed by atoms with Crippen LogP contribution in [0.5, 0.6) is 0 Å². The molecule has 0 bridgehead atoms. The van der Waals surface area contributed by atoms with Gasteiger partial charge in [-0.25, -0.2) is 4.79 Å². The lowest BCUT2D eigenvalue weighted by Gasteiger charge is -2.23. The SMILES string of the molecule is CCOC(=O)C1=C(O)C(CC(C)C)N(C(C)=O)C1=O. The highest BCUT2D eigenvalue weighted by Gasteiger charge is 2.45. The molecule has 0 aliphatic carbocycles. The largest absolute Gasteiger partial charge is 0.509 e. The van der Waals surface area contributed by atoms with E-state index in [1.165, 1.54) is 6.92 Å². The molecule has 0 fully saturated rings. The Morgan fingerprint density at radius 2 is 2.00 bits per heavy atom. The van der Waals surface area contributed by atoms with Gasteiger partial charge < -0.3 is 9.84 Å². The van der Waals surface area contributed by atoms with Crippen LogP contribution in [0.2, 0.25) is 0 Å². The third-order valence-electron chi connectivity index (χ3n) is 2.83. The number of imide groups is 1. The van der Waals surface area contributed by atoms with Gasteiger partial charge in [-0.05, 0) is 19.3 Å². The van der Waals surface area contributed by atoms with Crippen molar-refractivity contribution in [1.29, 1.82) is 0 Å². The molecule has 0 radical (unpaired) electrons. The van der Waals surface area contributed by atoms with Crippen molar-refractivity contribution in [1.82, 2.24) is 4.90 Å². The van der Waals surface area contributed by atoms with Gasteiger partial charge >= 0.3 is 5.97 Å². The lowest BCUT2D eigenvalue weighted by molar-refractivity contribution is -0.145. The molecule has 0 aromatic heterocycles. The van der Waals surface area contributed by atoms with Crippen molar-refractivity contribution in [3.63, 3.8) is 0 Å². The summed E-state index contributed by atoms with van der Waals surface area (Å²) in [5.41, 5.74) is -0.428. The smallest absolute Gasteiger partial charge is 0.347 e. The van der Waals surface area contributed by atoms with Crippen LogP contribution in [-0.4, -0.2) is 40.4 Å². The zero-order chi connectivity index (χ0) is 14.7. The second kappa shape index (κ2) is 5.86. The number of hydrogen-bond acceptors (Lipinski definition) is 5. The first-order valence-electron chi connectivity index (χ1n) is 6.25. The van der Waals surface area contributed by atoms with Gasteiger partial charge in [0, 0.05) is 6.92 Å². The molecule has 0 spiro atoms. The maximum absolute atomic E-state index is 12.1. The molecular formula is C13H19NO5.